The Labute approximate surface area is 164 Å². The number of hydrogen-bond acceptors (Lipinski definition) is 6. The summed E-state index contributed by atoms with van der Waals surface area (Å²) < 4.78 is 2.36. The number of thiazole rings is 1. The third kappa shape index (κ3) is 3.36. The lowest BCUT2D eigenvalue weighted by molar-refractivity contribution is 0.0682. The first-order valence-electron chi connectivity index (χ1n) is 8.77. The Morgan fingerprint density at radius 2 is 2.00 bits per heavy atom. The van der Waals surface area contributed by atoms with Crippen molar-refractivity contribution in [2.75, 3.05) is 18.0 Å². The van der Waals surface area contributed by atoms with Crippen molar-refractivity contribution in [2.24, 2.45) is 0 Å². The van der Waals surface area contributed by atoms with Gasteiger partial charge in [-0.25, -0.2) is 14.6 Å². The highest BCUT2D eigenvalue weighted by molar-refractivity contribution is 7.22. The van der Waals surface area contributed by atoms with E-state index in [0.29, 0.717) is 11.3 Å². The van der Waals surface area contributed by atoms with Crippen LogP contribution in [-0.2, 0) is 6.54 Å². The second-order valence-electron chi connectivity index (χ2n) is 6.62. The molecule has 3 aromatic rings. The van der Waals surface area contributed by atoms with Crippen LogP contribution in [0, 0.1) is 6.92 Å². The minimum Gasteiger partial charge on any atom is -0.478 e. The van der Waals surface area contributed by atoms with Gasteiger partial charge in [0.05, 0.1) is 22.3 Å². The molecule has 1 aliphatic heterocycles. The number of fused-ring (bicyclic) bond motifs is 1. The minimum atomic E-state index is -1.10. The molecule has 1 aliphatic rings. The fourth-order valence-electron chi connectivity index (χ4n) is 3.22. The van der Waals surface area contributed by atoms with Crippen molar-refractivity contribution >= 4 is 38.6 Å². The Balaban J connectivity index is 1.79. The van der Waals surface area contributed by atoms with Crippen molar-refractivity contribution in [3.63, 3.8) is 0 Å². The molecule has 0 atom stereocenters. The van der Waals surface area contributed by atoms with Crippen molar-refractivity contribution in [3.05, 3.63) is 52.9 Å². The van der Waals surface area contributed by atoms with Crippen LogP contribution in [0.2, 0.25) is 0 Å². The summed E-state index contributed by atoms with van der Waals surface area (Å²) in [5.74, 6) is -2.11. The molecule has 0 bridgehead atoms. The van der Waals surface area contributed by atoms with Crippen molar-refractivity contribution < 1.29 is 19.8 Å². The van der Waals surface area contributed by atoms with Crippen LogP contribution in [0.5, 0.6) is 0 Å². The Kier molecular flexibility index (Phi) is 4.60. The highest BCUT2D eigenvalue weighted by atomic mass is 32.1. The lowest BCUT2D eigenvalue weighted by atomic mass is 10.1. The predicted octanol–water partition coefficient (Wildman–Crippen LogP) is 3.01. The highest BCUT2D eigenvalue weighted by Gasteiger charge is 2.19. The minimum absolute atomic E-state index is 0.0396. The molecule has 9 heteroatoms. The monoisotopic (exact) mass is 398 g/mol. The number of aromatic nitrogens is 3. The van der Waals surface area contributed by atoms with Gasteiger partial charge in [-0.05, 0) is 31.5 Å². The van der Waals surface area contributed by atoms with Crippen LogP contribution in [0.4, 0.5) is 5.13 Å². The summed E-state index contributed by atoms with van der Waals surface area (Å²) in [5.41, 5.74) is 2.25. The van der Waals surface area contributed by atoms with E-state index in [1.54, 1.807) is 23.7 Å². The maximum absolute atomic E-state index is 11.6. The van der Waals surface area contributed by atoms with Crippen LogP contribution < -0.4 is 4.90 Å². The van der Waals surface area contributed by atoms with Crippen molar-refractivity contribution in [1.29, 1.82) is 0 Å². The Hall–Kier alpha value is -3.20. The average Bonchev–Trinajstić information content (AvgIpc) is 3.26. The number of hydrogen-bond donors (Lipinski definition) is 2. The number of nitrogens with zero attached hydrogens (tertiary/aromatic N) is 4. The molecule has 2 aromatic heterocycles. The van der Waals surface area contributed by atoms with Gasteiger partial charge in [-0.2, -0.15) is 5.10 Å². The Morgan fingerprint density at radius 1 is 1.18 bits per heavy atom. The fraction of sp³-hybridized carbons (Fsp3) is 0.263. The number of carboxylic acids is 2. The Morgan fingerprint density at radius 3 is 2.64 bits per heavy atom. The van der Waals surface area contributed by atoms with Gasteiger partial charge in [0.1, 0.15) is 0 Å². The molecule has 0 saturated heterocycles. The van der Waals surface area contributed by atoms with Crippen LogP contribution in [-0.4, -0.2) is 50.0 Å². The first kappa shape index (κ1) is 18.2. The number of carbonyl (C=O) groups is 2. The van der Waals surface area contributed by atoms with Crippen LogP contribution in [0.3, 0.4) is 0 Å². The summed E-state index contributed by atoms with van der Waals surface area (Å²) in [4.78, 5) is 29.7. The summed E-state index contributed by atoms with van der Waals surface area (Å²) in [5, 5.41) is 23.6. The summed E-state index contributed by atoms with van der Waals surface area (Å²) in [6.07, 6.45) is 5.19. The van der Waals surface area contributed by atoms with Gasteiger partial charge < -0.3 is 15.1 Å². The van der Waals surface area contributed by atoms with Crippen LogP contribution in [0.25, 0.3) is 10.2 Å². The quantitative estimate of drug-likeness (QED) is 0.636. The first-order valence-corrected chi connectivity index (χ1v) is 9.58. The second kappa shape index (κ2) is 7.08. The van der Waals surface area contributed by atoms with Gasteiger partial charge in [-0.1, -0.05) is 23.5 Å². The molecule has 0 saturated carbocycles. The third-order valence-corrected chi connectivity index (χ3v) is 5.72. The largest absolute Gasteiger partial charge is 0.478 e. The molecule has 0 aliphatic carbocycles. The molecule has 2 N–H and O–H groups in total. The van der Waals surface area contributed by atoms with E-state index >= 15 is 0 Å². The summed E-state index contributed by atoms with van der Waals surface area (Å²) >= 11 is 1.47. The standard InChI is InChI=1S/C19H18N4O4S/c1-11-7-14(18(26)27)21-23(11)10-13-8-12(17(24)25)9-15-16(13)20-19(28-15)22-5-3-2-4-6-22/h2-3,7-9H,4-6,10H2,1H3,(H,24,25)(H,26,27). The molecular formula is C19H18N4O4S. The lowest BCUT2D eigenvalue weighted by Crippen LogP contribution is -2.26. The van der Waals surface area contributed by atoms with Crippen LogP contribution in [0.15, 0.2) is 30.4 Å². The van der Waals surface area contributed by atoms with E-state index in [9.17, 15) is 14.7 Å². The summed E-state index contributed by atoms with van der Waals surface area (Å²) in [7, 11) is 0. The zero-order valence-electron chi connectivity index (χ0n) is 15.1. The Bertz CT molecular complexity index is 1110. The van der Waals surface area contributed by atoms with E-state index in [1.807, 2.05) is 0 Å². The fourth-order valence-corrected chi connectivity index (χ4v) is 4.31. The number of anilines is 1. The van der Waals surface area contributed by atoms with E-state index in [0.717, 1.165) is 34.9 Å². The molecular weight excluding hydrogens is 380 g/mol. The van der Waals surface area contributed by atoms with Gasteiger partial charge in [-0.3, -0.25) is 4.68 Å². The molecule has 8 nitrogen and oxygen atoms in total. The molecule has 0 spiro atoms. The van der Waals surface area contributed by atoms with E-state index in [-0.39, 0.29) is 17.8 Å². The van der Waals surface area contributed by atoms with Gasteiger partial charge in [0, 0.05) is 24.3 Å². The van der Waals surface area contributed by atoms with E-state index in [4.69, 9.17) is 10.1 Å². The van der Waals surface area contributed by atoms with Crippen LogP contribution in [0.1, 0.15) is 38.5 Å². The molecule has 0 radical (unpaired) electrons. The molecule has 0 fully saturated rings. The number of rotatable bonds is 5. The zero-order chi connectivity index (χ0) is 19.8. The average molecular weight is 398 g/mol. The van der Waals surface area contributed by atoms with Crippen molar-refractivity contribution in [1.82, 2.24) is 14.8 Å². The summed E-state index contributed by atoms with van der Waals surface area (Å²) in [6, 6.07) is 4.72. The molecule has 4 rings (SSSR count). The normalized spacial score (nSPS) is 14.0. The number of benzene rings is 1. The molecule has 3 heterocycles. The van der Waals surface area contributed by atoms with Gasteiger partial charge in [-0.15, -0.1) is 0 Å². The lowest BCUT2D eigenvalue weighted by Gasteiger charge is -2.22. The molecule has 28 heavy (non-hydrogen) atoms. The highest BCUT2D eigenvalue weighted by Crippen LogP contribution is 2.33. The number of aryl methyl sites for hydroxylation is 1. The first-order chi connectivity index (χ1) is 13.4. The smallest absolute Gasteiger partial charge is 0.356 e. The van der Waals surface area contributed by atoms with Gasteiger partial charge in [0.15, 0.2) is 10.8 Å². The molecule has 0 amide bonds. The third-order valence-electron chi connectivity index (χ3n) is 4.66. The maximum atomic E-state index is 11.6. The molecule has 1 aromatic carbocycles. The second-order valence-corrected chi connectivity index (χ2v) is 7.63. The van der Waals surface area contributed by atoms with Gasteiger partial charge >= 0.3 is 11.9 Å². The molecule has 0 unspecified atom stereocenters. The van der Waals surface area contributed by atoms with Crippen molar-refractivity contribution in [2.45, 2.75) is 19.9 Å². The number of aromatic carboxylic acids is 2. The zero-order valence-corrected chi connectivity index (χ0v) is 15.9. The maximum Gasteiger partial charge on any atom is 0.356 e. The SMILES string of the molecule is Cc1cc(C(=O)O)nn1Cc1cc(C(=O)O)cc2sc(N3CC=CCC3)nc12. The van der Waals surface area contributed by atoms with Gasteiger partial charge in [0.25, 0.3) is 0 Å². The predicted molar refractivity (Wildman–Crippen MR) is 106 cm³/mol. The number of carboxylic acid groups (broad SMARTS) is 2. The van der Waals surface area contributed by atoms with Crippen molar-refractivity contribution in [3.8, 4) is 0 Å². The summed E-state index contributed by atoms with van der Waals surface area (Å²) in [6.45, 7) is 3.67. The van der Waals surface area contributed by atoms with E-state index in [1.165, 1.54) is 17.4 Å². The van der Waals surface area contributed by atoms with Crippen LogP contribution >= 0.6 is 11.3 Å². The van der Waals surface area contributed by atoms with E-state index in [2.05, 4.69) is 22.2 Å². The van der Waals surface area contributed by atoms with Gasteiger partial charge in [0.2, 0.25) is 0 Å². The molecule has 144 valence electrons. The van der Waals surface area contributed by atoms with E-state index < -0.39 is 11.9 Å². The topological polar surface area (TPSA) is 109 Å².